The van der Waals surface area contributed by atoms with E-state index in [1.165, 1.54) is 0 Å². The number of rotatable bonds is 2. The SMILES string of the molecule is O=C(C#Cc1ccccc1)NCc1cn[nH]c1. The average molecular weight is 225 g/mol. The summed E-state index contributed by atoms with van der Waals surface area (Å²) in [6, 6.07) is 9.39. The molecule has 1 aromatic heterocycles. The first-order valence-corrected chi connectivity index (χ1v) is 5.17. The molecule has 0 aliphatic heterocycles. The predicted molar refractivity (Wildman–Crippen MR) is 63.8 cm³/mol. The van der Waals surface area contributed by atoms with Crippen molar-refractivity contribution in [2.45, 2.75) is 6.54 Å². The first-order valence-electron chi connectivity index (χ1n) is 5.17. The Morgan fingerprint density at radius 2 is 2.18 bits per heavy atom. The number of hydrogen-bond donors (Lipinski definition) is 2. The van der Waals surface area contributed by atoms with Crippen molar-refractivity contribution >= 4 is 5.91 Å². The first-order chi connectivity index (χ1) is 8.34. The molecule has 0 aliphatic carbocycles. The highest BCUT2D eigenvalue weighted by Crippen LogP contribution is 1.95. The maximum atomic E-state index is 11.4. The number of benzene rings is 1. The van der Waals surface area contributed by atoms with Gasteiger partial charge in [0.15, 0.2) is 0 Å². The maximum absolute atomic E-state index is 11.4. The molecule has 2 rings (SSSR count). The second kappa shape index (κ2) is 5.52. The Labute approximate surface area is 99.1 Å². The van der Waals surface area contributed by atoms with E-state index in [0.29, 0.717) is 6.54 Å². The zero-order chi connectivity index (χ0) is 11.9. The van der Waals surface area contributed by atoms with E-state index in [4.69, 9.17) is 0 Å². The summed E-state index contributed by atoms with van der Waals surface area (Å²) in [6.07, 6.45) is 3.38. The van der Waals surface area contributed by atoms with E-state index in [0.717, 1.165) is 11.1 Å². The van der Waals surface area contributed by atoms with Crippen molar-refractivity contribution in [1.82, 2.24) is 15.5 Å². The van der Waals surface area contributed by atoms with Crippen molar-refractivity contribution in [3.8, 4) is 11.8 Å². The standard InChI is InChI=1S/C13H11N3O/c17-13(14-8-12-9-15-16-10-12)7-6-11-4-2-1-3-5-11/h1-5,9-10H,8H2,(H,14,17)(H,15,16). The third-order valence-corrected chi connectivity index (χ3v) is 2.10. The minimum atomic E-state index is -0.296. The number of carbonyl (C=O) groups is 1. The van der Waals surface area contributed by atoms with Crippen LogP contribution in [0.3, 0.4) is 0 Å². The molecule has 0 aliphatic rings. The highest BCUT2D eigenvalue weighted by atomic mass is 16.1. The van der Waals surface area contributed by atoms with Crippen LogP contribution in [-0.4, -0.2) is 16.1 Å². The molecule has 0 saturated carbocycles. The molecule has 0 saturated heterocycles. The van der Waals surface area contributed by atoms with Crippen LogP contribution in [0.5, 0.6) is 0 Å². The quantitative estimate of drug-likeness (QED) is 0.751. The third kappa shape index (κ3) is 3.50. The molecule has 4 heteroatoms. The monoisotopic (exact) mass is 225 g/mol. The number of nitrogens with zero attached hydrogens (tertiary/aromatic N) is 1. The Bertz CT molecular complexity index is 535. The fourth-order valence-electron chi connectivity index (χ4n) is 1.25. The van der Waals surface area contributed by atoms with Crippen molar-refractivity contribution in [2.24, 2.45) is 0 Å². The van der Waals surface area contributed by atoms with Crippen molar-refractivity contribution in [1.29, 1.82) is 0 Å². The summed E-state index contributed by atoms with van der Waals surface area (Å²) in [7, 11) is 0. The molecule has 2 N–H and O–H groups in total. The molecule has 4 nitrogen and oxygen atoms in total. The Balaban J connectivity index is 1.88. The molecule has 17 heavy (non-hydrogen) atoms. The van der Waals surface area contributed by atoms with E-state index in [-0.39, 0.29) is 5.91 Å². The van der Waals surface area contributed by atoms with Crippen molar-refractivity contribution in [3.05, 3.63) is 53.9 Å². The normalized spacial score (nSPS) is 9.18. The summed E-state index contributed by atoms with van der Waals surface area (Å²) in [5.41, 5.74) is 1.74. The number of nitrogens with one attached hydrogen (secondary N) is 2. The fraction of sp³-hybridized carbons (Fsp3) is 0.0769. The zero-order valence-corrected chi connectivity index (χ0v) is 9.10. The lowest BCUT2D eigenvalue weighted by atomic mass is 10.2. The van der Waals surface area contributed by atoms with Gasteiger partial charge in [0, 0.05) is 29.8 Å². The van der Waals surface area contributed by atoms with Gasteiger partial charge in [0.2, 0.25) is 0 Å². The van der Waals surface area contributed by atoms with Gasteiger partial charge in [0.1, 0.15) is 0 Å². The number of aromatic nitrogens is 2. The molecular formula is C13H11N3O. The molecule has 0 atom stereocenters. The van der Waals surface area contributed by atoms with Crippen molar-refractivity contribution in [2.75, 3.05) is 0 Å². The van der Waals surface area contributed by atoms with Gasteiger partial charge in [-0.05, 0) is 12.1 Å². The molecule has 2 aromatic rings. The lowest BCUT2D eigenvalue weighted by Crippen LogP contribution is -2.20. The second-order valence-electron chi connectivity index (χ2n) is 3.41. The lowest BCUT2D eigenvalue weighted by molar-refractivity contribution is -0.115. The van der Waals surface area contributed by atoms with E-state index in [1.807, 2.05) is 30.3 Å². The number of carbonyl (C=O) groups excluding carboxylic acids is 1. The number of amides is 1. The van der Waals surface area contributed by atoms with Crippen LogP contribution in [0.4, 0.5) is 0 Å². The molecule has 1 amide bonds. The Hall–Kier alpha value is -2.54. The fourth-order valence-corrected chi connectivity index (χ4v) is 1.25. The molecule has 0 radical (unpaired) electrons. The van der Waals surface area contributed by atoms with Gasteiger partial charge >= 0.3 is 0 Å². The van der Waals surface area contributed by atoms with Gasteiger partial charge in [-0.1, -0.05) is 24.1 Å². The number of aromatic amines is 1. The highest BCUT2D eigenvalue weighted by Gasteiger charge is 1.96. The van der Waals surface area contributed by atoms with Crippen LogP contribution in [0, 0.1) is 11.8 Å². The summed E-state index contributed by atoms with van der Waals surface area (Å²) in [5, 5.41) is 9.14. The smallest absolute Gasteiger partial charge is 0.296 e. The van der Waals surface area contributed by atoms with Gasteiger partial charge in [-0.15, -0.1) is 0 Å². The molecule has 0 spiro atoms. The van der Waals surface area contributed by atoms with E-state index in [2.05, 4.69) is 27.4 Å². The van der Waals surface area contributed by atoms with Crippen LogP contribution in [0.25, 0.3) is 0 Å². The van der Waals surface area contributed by atoms with Crippen LogP contribution in [0.15, 0.2) is 42.7 Å². The van der Waals surface area contributed by atoms with Crippen LogP contribution < -0.4 is 5.32 Å². The predicted octanol–water partition coefficient (Wildman–Crippen LogP) is 1.08. The van der Waals surface area contributed by atoms with E-state index >= 15 is 0 Å². The van der Waals surface area contributed by atoms with E-state index < -0.39 is 0 Å². The zero-order valence-electron chi connectivity index (χ0n) is 9.10. The van der Waals surface area contributed by atoms with Gasteiger partial charge < -0.3 is 5.32 Å². The topological polar surface area (TPSA) is 57.8 Å². The van der Waals surface area contributed by atoms with E-state index in [9.17, 15) is 4.79 Å². The van der Waals surface area contributed by atoms with Gasteiger partial charge in [-0.2, -0.15) is 5.10 Å². The molecule has 1 aromatic carbocycles. The lowest BCUT2D eigenvalue weighted by Gasteiger charge is -1.95. The molecule has 84 valence electrons. The van der Waals surface area contributed by atoms with Gasteiger partial charge in [0.25, 0.3) is 5.91 Å². The summed E-state index contributed by atoms with van der Waals surface area (Å²) in [5.74, 6) is 5.02. The van der Waals surface area contributed by atoms with Crippen molar-refractivity contribution in [3.63, 3.8) is 0 Å². The minimum Gasteiger partial charge on any atom is -0.341 e. The Kier molecular flexibility index (Phi) is 3.56. The molecular weight excluding hydrogens is 214 g/mol. The molecule has 0 unspecified atom stereocenters. The maximum Gasteiger partial charge on any atom is 0.296 e. The molecule has 1 heterocycles. The number of H-pyrrole nitrogens is 1. The summed E-state index contributed by atoms with van der Waals surface area (Å²) >= 11 is 0. The second-order valence-corrected chi connectivity index (χ2v) is 3.41. The minimum absolute atomic E-state index is 0.296. The van der Waals surface area contributed by atoms with Gasteiger partial charge in [-0.3, -0.25) is 9.89 Å². The van der Waals surface area contributed by atoms with Gasteiger partial charge in [0.05, 0.1) is 6.20 Å². The Morgan fingerprint density at radius 3 is 2.88 bits per heavy atom. The highest BCUT2D eigenvalue weighted by molar-refractivity contribution is 5.93. The summed E-state index contributed by atoms with van der Waals surface area (Å²) in [4.78, 5) is 11.4. The van der Waals surface area contributed by atoms with Crippen LogP contribution >= 0.6 is 0 Å². The van der Waals surface area contributed by atoms with Crippen LogP contribution in [0.1, 0.15) is 11.1 Å². The van der Waals surface area contributed by atoms with Crippen LogP contribution in [-0.2, 0) is 11.3 Å². The molecule has 0 bridgehead atoms. The van der Waals surface area contributed by atoms with E-state index in [1.54, 1.807) is 12.4 Å². The summed E-state index contributed by atoms with van der Waals surface area (Å²) in [6.45, 7) is 0.429. The number of hydrogen-bond acceptors (Lipinski definition) is 2. The largest absolute Gasteiger partial charge is 0.341 e. The average Bonchev–Trinajstić information content (AvgIpc) is 2.88. The van der Waals surface area contributed by atoms with Crippen molar-refractivity contribution < 1.29 is 4.79 Å². The third-order valence-electron chi connectivity index (χ3n) is 2.10. The Morgan fingerprint density at radius 1 is 1.35 bits per heavy atom. The van der Waals surface area contributed by atoms with Crippen LogP contribution in [0.2, 0.25) is 0 Å². The van der Waals surface area contributed by atoms with Gasteiger partial charge in [-0.25, -0.2) is 0 Å². The molecule has 0 fully saturated rings. The first kappa shape index (κ1) is 11.0. The summed E-state index contributed by atoms with van der Waals surface area (Å²) < 4.78 is 0.